The van der Waals surface area contributed by atoms with Crippen LogP contribution >= 0.6 is 0 Å². The molecule has 1 saturated carbocycles. The normalized spacial score (nSPS) is 25.3. The van der Waals surface area contributed by atoms with Gasteiger partial charge in [-0.15, -0.1) is 0 Å². The molecule has 0 bridgehead atoms. The number of rotatable bonds is 4. The molecule has 2 unspecified atom stereocenters. The van der Waals surface area contributed by atoms with Gasteiger partial charge in [-0.25, -0.2) is 0 Å². The first-order valence-corrected chi connectivity index (χ1v) is 7.61. The minimum absolute atomic E-state index is 0.164. The molecule has 4 heteroatoms. The van der Waals surface area contributed by atoms with Crippen LogP contribution in [-0.4, -0.2) is 22.5 Å². The Labute approximate surface area is 125 Å². The summed E-state index contributed by atoms with van der Waals surface area (Å²) in [6, 6.07) is 7.49. The monoisotopic (exact) mass is 289 g/mol. The number of amides is 1. The third-order valence-corrected chi connectivity index (χ3v) is 4.55. The molecule has 4 nitrogen and oxygen atoms in total. The zero-order valence-electron chi connectivity index (χ0n) is 12.7. The van der Waals surface area contributed by atoms with Gasteiger partial charge in [0.05, 0.1) is 11.5 Å². The molecule has 0 heterocycles. The van der Waals surface area contributed by atoms with E-state index in [4.69, 9.17) is 0 Å². The van der Waals surface area contributed by atoms with Gasteiger partial charge in [-0.2, -0.15) is 0 Å². The lowest BCUT2D eigenvalue weighted by atomic mass is 9.73. The van der Waals surface area contributed by atoms with Gasteiger partial charge in [0.15, 0.2) is 0 Å². The molecule has 0 radical (unpaired) electrons. The van der Waals surface area contributed by atoms with E-state index < -0.39 is 17.4 Å². The fourth-order valence-corrected chi connectivity index (χ4v) is 3.26. The van der Waals surface area contributed by atoms with Crippen molar-refractivity contribution in [2.45, 2.75) is 51.5 Å². The Kier molecular flexibility index (Phi) is 4.66. The fraction of sp³-hybridized carbons (Fsp3) is 0.529. The van der Waals surface area contributed by atoms with Gasteiger partial charge in [0.25, 0.3) is 5.91 Å². The summed E-state index contributed by atoms with van der Waals surface area (Å²) in [4.78, 5) is 24.0. The van der Waals surface area contributed by atoms with Crippen molar-refractivity contribution >= 4 is 11.9 Å². The molecule has 1 aromatic rings. The Hall–Kier alpha value is -1.84. The Morgan fingerprint density at radius 3 is 2.71 bits per heavy atom. The van der Waals surface area contributed by atoms with Crippen molar-refractivity contribution in [3.05, 3.63) is 35.4 Å². The van der Waals surface area contributed by atoms with Crippen LogP contribution < -0.4 is 5.32 Å². The van der Waals surface area contributed by atoms with Crippen molar-refractivity contribution in [1.29, 1.82) is 0 Å². The van der Waals surface area contributed by atoms with Crippen LogP contribution in [0.3, 0.4) is 0 Å². The van der Waals surface area contributed by atoms with Crippen LogP contribution in [0.25, 0.3) is 0 Å². The average molecular weight is 289 g/mol. The van der Waals surface area contributed by atoms with Gasteiger partial charge in [0.1, 0.15) is 0 Å². The maximum absolute atomic E-state index is 12.6. The van der Waals surface area contributed by atoms with Crippen LogP contribution in [0.1, 0.15) is 55.5 Å². The van der Waals surface area contributed by atoms with E-state index in [-0.39, 0.29) is 5.91 Å². The number of hydrogen-bond donors (Lipinski definition) is 2. The highest BCUT2D eigenvalue weighted by Gasteiger charge is 2.42. The molecule has 114 valence electrons. The molecule has 0 aromatic heterocycles. The highest BCUT2D eigenvalue weighted by atomic mass is 16.4. The molecular formula is C17H23NO3. The predicted octanol–water partition coefficient (Wildman–Crippen LogP) is 3.01. The number of hydrogen-bond acceptors (Lipinski definition) is 2. The number of aryl methyl sites for hydroxylation is 1. The SMILES string of the molecule is CCc1ccccc1C(=O)NC1(C)CCCCC1C(=O)O. The third kappa shape index (κ3) is 3.26. The summed E-state index contributed by atoms with van der Waals surface area (Å²) in [6.45, 7) is 3.87. The Balaban J connectivity index is 2.22. The van der Waals surface area contributed by atoms with Crippen molar-refractivity contribution in [3.8, 4) is 0 Å². The highest BCUT2D eigenvalue weighted by molar-refractivity contribution is 5.96. The summed E-state index contributed by atoms with van der Waals surface area (Å²) < 4.78 is 0. The molecule has 2 atom stereocenters. The van der Waals surface area contributed by atoms with Gasteiger partial charge in [-0.1, -0.05) is 38.0 Å². The maximum Gasteiger partial charge on any atom is 0.308 e. The van der Waals surface area contributed by atoms with Crippen LogP contribution in [0.2, 0.25) is 0 Å². The number of carboxylic acid groups (broad SMARTS) is 1. The number of carbonyl (C=O) groups excluding carboxylic acids is 1. The predicted molar refractivity (Wildman–Crippen MR) is 81.3 cm³/mol. The summed E-state index contributed by atoms with van der Waals surface area (Å²) in [5.41, 5.74) is 0.972. The molecule has 1 aromatic carbocycles. The van der Waals surface area contributed by atoms with E-state index in [0.29, 0.717) is 18.4 Å². The molecular weight excluding hydrogens is 266 g/mol. The number of carboxylic acids is 1. The van der Waals surface area contributed by atoms with Crippen LogP contribution in [0, 0.1) is 5.92 Å². The Morgan fingerprint density at radius 1 is 1.33 bits per heavy atom. The number of benzene rings is 1. The standard InChI is InChI=1S/C17H23NO3/c1-3-12-8-4-5-9-13(12)15(19)18-17(2)11-7-6-10-14(17)16(20)21/h4-5,8-9,14H,3,6-7,10-11H2,1-2H3,(H,18,19)(H,20,21). The van der Waals surface area contributed by atoms with Gasteiger partial charge in [0, 0.05) is 5.56 Å². The van der Waals surface area contributed by atoms with Crippen molar-refractivity contribution < 1.29 is 14.7 Å². The second kappa shape index (κ2) is 6.29. The lowest BCUT2D eigenvalue weighted by Gasteiger charge is -2.40. The first-order valence-electron chi connectivity index (χ1n) is 7.61. The molecule has 2 rings (SSSR count). The van der Waals surface area contributed by atoms with E-state index in [0.717, 1.165) is 24.8 Å². The highest BCUT2D eigenvalue weighted by Crippen LogP contribution is 2.34. The number of aliphatic carboxylic acids is 1. The zero-order valence-corrected chi connectivity index (χ0v) is 12.7. The smallest absolute Gasteiger partial charge is 0.308 e. The molecule has 1 fully saturated rings. The second-order valence-corrected chi connectivity index (χ2v) is 6.02. The van der Waals surface area contributed by atoms with Gasteiger partial charge >= 0.3 is 5.97 Å². The Morgan fingerprint density at radius 2 is 2.05 bits per heavy atom. The zero-order chi connectivity index (χ0) is 15.5. The van der Waals surface area contributed by atoms with Crippen LogP contribution in [-0.2, 0) is 11.2 Å². The van der Waals surface area contributed by atoms with E-state index >= 15 is 0 Å². The fourth-order valence-electron chi connectivity index (χ4n) is 3.26. The van der Waals surface area contributed by atoms with Crippen LogP contribution in [0.5, 0.6) is 0 Å². The average Bonchev–Trinajstić information content (AvgIpc) is 2.46. The van der Waals surface area contributed by atoms with Crippen molar-refractivity contribution in [3.63, 3.8) is 0 Å². The first-order chi connectivity index (χ1) is 9.98. The minimum atomic E-state index is -0.818. The van der Waals surface area contributed by atoms with E-state index in [1.807, 2.05) is 32.0 Å². The molecule has 21 heavy (non-hydrogen) atoms. The topological polar surface area (TPSA) is 66.4 Å². The van der Waals surface area contributed by atoms with Gasteiger partial charge in [-0.05, 0) is 37.8 Å². The van der Waals surface area contributed by atoms with Crippen LogP contribution in [0.4, 0.5) is 0 Å². The summed E-state index contributed by atoms with van der Waals surface area (Å²) in [7, 11) is 0. The summed E-state index contributed by atoms with van der Waals surface area (Å²) in [6.07, 6.45) is 3.98. The van der Waals surface area contributed by atoms with E-state index in [2.05, 4.69) is 5.32 Å². The Bertz CT molecular complexity index is 541. The molecule has 0 aliphatic heterocycles. The summed E-state index contributed by atoms with van der Waals surface area (Å²) in [5.74, 6) is -1.49. The van der Waals surface area contributed by atoms with E-state index in [1.54, 1.807) is 6.07 Å². The lowest BCUT2D eigenvalue weighted by molar-refractivity contribution is -0.145. The van der Waals surface area contributed by atoms with Crippen molar-refractivity contribution in [1.82, 2.24) is 5.32 Å². The molecule has 0 spiro atoms. The quantitative estimate of drug-likeness (QED) is 0.895. The molecule has 1 aliphatic carbocycles. The van der Waals surface area contributed by atoms with E-state index in [1.165, 1.54) is 0 Å². The van der Waals surface area contributed by atoms with Gasteiger partial charge in [0.2, 0.25) is 0 Å². The second-order valence-electron chi connectivity index (χ2n) is 6.02. The molecule has 2 N–H and O–H groups in total. The molecule has 1 amide bonds. The van der Waals surface area contributed by atoms with Crippen molar-refractivity contribution in [2.24, 2.45) is 5.92 Å². The lowest BCUT2D eigenvalue weighted by Crippen LogP contribution is -2.55. The van der Waals surface area contributed by atoms with Crippen molar-refractivity contribution in [2.75, 3.05) is 0 Å². The summed E-state index contributed by atoms with van der Waals surface area (Å²) in [5, 5.41) is 12.4. The largest absolute Gasteiger partial charge is 0.481 e. The van der Waals surface area contributed by atoms with E-state index in [9.17, 15) is 14.7 Å². The van der Waals surface area contributed by atoms with Gasteiger partial charge < -0.3 is 10.4 Å². The molecule has 0 saturated heterocycles. The minimum Gasteiger partial charge on any atom is -0.481 e. The number of nitrogens with one attached hydrogen (secondary N) is 1. The first kappa shape index (κ1) is 15.5. The van der Waals surface area contributed by atoms with Gasteiger partial charge in [-0.3, -0.25) is 9.59 Å². The maximum atomic E-state index is 12.6. The van der Waals surface area contributed by atoms with Crippen LogP contribution in [0.15, 0.2) is 24.3 Å². The summed E-state index contributed by atoms with van der Waals surface area (Å²) >= 11 is 0. The third-order valence-electron chi connectivity index (χ3n) is 4.55. The molecule has 1 aliphatic rings. The number of carbonyl (C=O) groups is 2.